The van der Waals surface area contributed by atoms with Crippen molar-refractivity contribution in [1.29, 1.82) is 0 Å². The van der Waals surface area contributed by atoms with Crippen molar-refractivity contribution < 1.29 is 9.84 Å². The van der Waals surface area contributed by atoms with E-state index in [0.717, 1.165) is 10.0 Å². The standard InChI is InChI=1S/C17H18ClN3O2S/c1-8(2)19-17-21-15(9(3)24-17)11-7-12(22)10-5-6-13(23-4)14(18)16(10)20-11/h5-8H,1-4H3,(H,19,21)(H,20,22)/p-1. The second-order valence-corrected chi connectivity index (χ2v) is 7.29. The van der Waals surface area contributed by atoms with Gasteiger partial charge in [0, 0.05) is 10.9 Å². The lowest BCUT2D eigenvalue weighted by molar-refractivity contribution is -0.265. The maximum Gasteiger partial charge on any atom is 0.183 e. The van der Waals surface area contributed by atoms with Gasteiger partial charge >= 0.3 is 0 Å². The van der Waals surface area contributed by atoms with Gasteiger partial charge in [-0.25, -0.2) is 9.97 Å². The molecule has 0 amide bonds. The number of halogens is 1. The first-order valence-electron chi connectivity index (χ1n) is 7.49. The third-order valence-electron chi connectivity index (χ3n) is 3.52. The van der Waals surface area contributed by atoms with Crippen LogP contribution in [0.1, 0.15) is 18.7 Å². The van der Waals surface area contributed by atoms with Crippen molar-refractivity contribution in [3.63, 3.8) is 0 Å². The van der Waals surface area contributed by atoms with E-state index in [1.54, 1.807) is 12.1 Å². The minimum Gasteiger partial charge on any atom is -0.872 e. The Hall–Kier alpha value is -2.05. The van der Waals surface area contributed by atoms with Crippen LogP contribution in [0.15, 0.2) is 18.2 Å². The number of thiazole rings is 1. The second-order valence-electron chi connectivity index (χ2n) is 5.71. The minimum atomic E-state index is -0.134. The summed E-state index contributed by atoms with van der Waals surface area (Å²) in [5.41, 5.74) is 1.65. The molecule has 0 atom stereocenters. The van der Waals surface area contributed by atoms with Crippen LogP contribution >= 0.6 is 22.9 Å². The molecule has 0 aliphatic rings. The van der Waals surface area contributed by atoms with Crippen molar-refractivity contribution in [1.82, 2.24) is 9.97 Å². The van der Waals surface area contributed by atoms with Gasteiger partial charge < -0.3 is 15.2 Å². The smallest absolute Gasteiger partial charge is 0.183 e. The average Bonchev–Trinajstić information content (AvgIpc) is 2.88. The molecular weight excluding hydrogens is 346 g/mol. The van der Waals surface area contributed by atoms with Gasteiger partial charge in [0.15, 0.2) is 5.13 Å². The number of ether oxygens (including phenoxy) is 1. The van der Waals surface area contributed by atoms with Crippen LogP contribution in [0.25, 0.3) is 22.3 Å². The predicted molar refractivity (Wildman–Crippen MR) is 97.4 cm³/mol. The topological polar surface area (TPSA) is 70.1 Å². The van der Waals surface area contributed by atoms with Gasteiger partial charge in [-0.3, -0.25) is 0 Å². The van der Waals surface area contributed by atoms with Crippen LogP contribution in [0, 0.1) is 6.92 Å². The molecule has 0 aliphatic heterocycles. The summed E-state index contributed by atoms with van der Waals surface area (Å²) in [4.78, 5) is 10.1. The summed E-state index contributed by atoms with van der Waals surface area (Å²) in [5.74, 6) is 0.357. The SMILES string of the molecule is COc1ccc2c([O-])cc(-c3nc(NC(C)C)sc3C)nc2c1Cl. The summed E-state index contributed by atoms with van der Waals surface area (Å²) >= 11 is 7.87. The van der Waals surface area contributed by atoms with E-state index in [9.17, 15) is 5.11 Å². The molecule has 24 heavy (non-hydrogen) atoms. The number of pyridine rings is 1. The van der Waals surface area contributed by atoms with E-state index >= 15 is 0 Å². The first-order chi connectivity index (χ1) is 11.4. The fraction of sp³-hybridized carbons (Fsp3) is 0.294. The van der Waals surface area contributed by atoms with Crippen LogP contribution in [0.3, 0.4) is 0 Å². The number of aromatic nitrogens is 2. The molecule has 5 nitrogen and oxygen atoms in total. The highest BCUT2D eigenvalue weighted by atomic mass is 35.5. The Morgan fingerprint density at radius 3 is 2.71 bits per heavy atom. The molecule has 2 aromatic heterocycles. The van der Waals surface area contributed by atoms with Crippen molar-refractivity contribution in [3.8, 4) is 22.9 Å². The summed E-state index contributed by atoms with van der Waals surface area (Å²) in [7, 11) is 1.53. The third kappa shape index (κ3) is 2.99. The molecule has 3 aromatic rings. The normalized spacial score (nSPS) is 11.2. The van der Waals surface area contributed by atoms with Gasteiger partial charge in [-0.15, -0.1) is 11.3 Å². The van der Waals surface area contributed by atoms with Gasteiger partial charge in [0.2, 0.25) is 0 Å². The van der Waals surface area contributed by atoms with Crippen LogP contribution in [0.2, 0.25) is 5.02 Å². The van der Waals surface area contributed by atoms with Crippen LogP contribution in [-0.4, -0.2) is 23.1 Å². The zero-order valence-electron chi connectivity index (χ0n) is 13.8. The van der Waals surface area contributed by atoms with Crippen LogP contribution in [0.5, 0.6) is 11.5 Å². The summed E-state index contributed by atoms with van der Waals surface area (Å²) in [6.07, 6.45) is 0. The van der Waals surface area contributed by atoms with E-state index < -0.39 is 0 Å². The van der Waals surface area contributed by atoms with Gasteiger partial charge in [-0.1, -0.05) is 17.4 Å². The van der Waals surface area contributed by atoms with Gasteiger partial charge in [-0.05, 0) is 44.4 Å². The van der Waals surface area contributed by atoms with Gasteiger partial charge in [0.05, 0.1) is 18.3 Å². The number of hydrogen-bond acceptors (Lipinski definition) is 6. The lowest BCUT2D eigenvalue weighted by Crippen LogP contribution is -2.09. The Kier molecular flexibility index (Phi) is 4.51. The molecule has 0 aliphatic carbocycles. The highest BCUT2D eigenvalue weighted by Crippen LogP contribution is 2.38. The maximum absolute atomic E-state index is 12.4. The van der Waals surface area contributed by atoms with Gasteiger partial charge in [-0.2, -0.15) is 0 Å². The molecule has 0 saturated heterocycles. The average molecular weight is 363 g/mol. The van der Waals surface area contributed by atoms with E-state index in [1.165, 1.54) is 24.5 Å². The fourth-order valence-electron chi connectivity index (χ4n) is 2.43. The predicted octanol–water partition coefficient (Wildman–Crippen LogP) is 4.22. The highest BCUT2D eigenvalue weighted by Gasteiger charge is 2.15. The maximum atomic E-state index is 12.4. The van der Waals surface area contributed by atoms with E-state index in [1.807, 2.05) is 20.8 Å². The van der Waals surface area contributed by atoms with E-state index in [4.69, 9.17) is 16.3 Å². The lowest BCUT2D eigenvalue weighted by atomic mass is 10.1. The minimum absolute atomic E-state index is 0.134. The van der Waals surface area contributed by atoms with Crippen molar-refractivity contribution in [3.05, 3.63) is 28.1 Å². The Labute approximate surface area is 149 Å². The Bertz CT molecular complexity index is 908. The number of methoxy groups -OCH3 is 1. The molecule has 2 heterocycles. The molecular formula is C17H17ClN3O2S-. The Morgan fingerprint density at radius 2 is 2.04 bits per heavy atom. The summed E-state index contributed by atoms with van der Waals surface area (Å²) in [6, 6.07) is 5.14. The number of aryl methyl sites for hydroxylation is 1. The molecule has 0 unspecified atom stereocenters. The summed E-state index contributed by atoms with van der Waals surface area (Å²) < 4.78 is 5.21. The van der Waals surface area contributed by atoms with Crippen molar-refractivity contribution in [2.75, 3.05) is 12.4 Å². The number of anilines is 1. The molecule has 0 fully saturated rings. The zero-order chi connectivity index (χ0) is 17.4. The number of fused-ring (bicyclic) bond motifs is 1. The number of rotatable bonds is 4. The van der Waals surface area contributed by atoms with E-state index in [-0.39, 0.29) is 11.8 Å². The number of nitrogens with zero attached hydrogens (tertiary/aromatic N) is 2. The van der Waals surface area contributed by atoms with E-state index in [2.05, 4.69) is 15.3 Å². The molecule has 7 heteroatoms. The summed E-state index contributed by atoms with van der Waals surface area (Å²) in [5, 5.41) is 17.3. The van der Waals surface area contributed by atoms with E-state index in [0.29, 0.717) is 33.1 Å². The Balaban J connectivity index is 2.17. The number of nitrogens with one attached hydrogen (secondary N) is 1. The highest BCUT2D eigenvalue weighted by molar-refractivity contribution is 7.16. The first-order valence-corrected chi connectivity index (χ1v) is 8.68. The molecule has 1 N–H and O–H groups in total. The molecule has 0 radical (unpaired) electrons. The number of hydrogen-bond donors (Lipinski definition) is 1. The van der Waals surface area contributed by atoms with Crippen LogP contribution in [-0.2, 0) is 0 Å². The third-order valence-corrected chi connectivity index (χ3v) is 4.78. The quantitative estimate of drug-likeness (QED) is 0.752. The van der Waals surface area contributed by atoms with Gasteiger partial charge in [0.25, 0.3) is 0 Å². The van der Waals surface area contributed by atoms with Crippen LogP contribution in [0.4, 0.5) is 5.13 Å². The largest absolute Gasteiger partial charge is 0.872 e. The molecule has 0 bridgehead atoms. The molecule has 126 valence electrons. The second kappa shape index (κ2) is 6.45. The lowest BCUT2D eigenvalue weighted by Gasteiger charge is -2.14. The summed E-state index contributed by atoms with van der Waals surface area (Å²) in [6.45, 7) is 6.06. The molecule has 3 rings (SSSR count). The Morgan fingerprint density at radius 1 is 1.29 bits per heavy atom. The van der Waals surface area contributed by atoms with Gasteiger partial charge in [0.1, 0.15) is 16.5 Å². The monoisotopic (exact) mass is 362 g/mol. The molecule has 0 spiro atoms. The van der Waals surface area contributed by atoms with Crippen LogP contribution < -0.4 is 15.2 Å². The number of benzene rings is 1. The van der Waals surface area contributed by atoms with Crippen molar-refractivity contribution >= 4 is 39.0 Å². The van der Waals surface area contributed by atoms with Crippen molar-refractivity contribution in [2.24, 2.45) is 0 Å². The van der Waals surface area contributed by atoms with Crippen molar-refractivity contribution in [2.45, 2.75) is 26.8 Å². The fourth-order valence-corrected chi connectivity index (χ4v) is 3.68. The zero-order valence-corrected chi connectivity index (χ0v) is 15.4. The molecule has 1 aromatic carbocycles. The molecule has 0 saturated carbocycles. The first kappa shape index (κ1) is 16.8.